The van der Waals surface area contributed by atoms with Gasteiger partial charge in [0.05, 0.1) is 13.3 Å². The number of rotatable bonds is 3. The van der Waals surface area contributed by atoms with Gasteiger partial charge >= 0.3 is 5.97 Å². The minimum Gasteiger partial charge on any atom is -0.468 e. The lowest BCUT2D eigenvalue weighted by atomic mass is 9.63. The summed E-state index contributed by atoms with van der Waals surface area (Å²) >= 11 is 0. The van der Waals surface area contributed by atoms with Crippen molar-refractivity contribution in [1.29, 1.82) is 0 Å². The molecule has 2 unspecified atom stereocenters. The zero-order valence-electron chi connectivity index (χ0n) is 12.8. The van der Waals surface area contributed by atoms with E-state index in [1.165, 1.54) is 13.3 Å². The molecule has 2 atom stereocenters. The second-order valence-electron chi connectivity index (χ2n) is 6.13. The molecule has 118 valence electrons. The zero-order chi connectivity index (χ0) is 16.7. The fraction of sp³-hybridized carbons (Fsp3) is 0.533. The third-order valence-electron chi connectivity index (χ3n) is 3.97. The van der Waals surface area contributed by atoms with Gasteiger partial charge < -0.3 is 9.26 Å². The lowest BCUT2D eigenvalue weighted by Gasteiger charge is -2.37. The maximum absolute atomic E-state index is 12.6. The van der Waals surface area contributed by atoms with Crippen LogP contribution in [0.2, 0.25) is 0 Å². The average molecular weight is 307 g/mol. The number of methoxy groups -OCH3 is 1. The molecule has 0 aliphatic heterocycles. The molecule has 1 fully saturated rings. The third kappa shape index (κ3) is 2.47. The third-order valence-corrected chi connectivity index (χ3v) is 3.97. The van der Waals surface area contributed by atoms with E-state index in [-0.39, 0.29) is 12.2 Å². The molecule has 1 heterocycles. The summed E-state index contributed by atoms with van der Waals surface area (Å²) in [7, 11) is 1.17. The van der Waals surface area contributed by atoms with E-state index in [0.29, 0.717) is 5.56 Å². The van der Waals surface area contributed by atoms with Crippen LogP contribution >= 0.6 is 0 Å². The van der Waals surface area contributed by atoms with Crippen molar-refractivity contribution < 1.29 is 28.4 Å². The van der Waals surface area contributed by atoms with Crippen molar-refractivity contribution in [3.63, 3.8) is 0 Å². The van der Waals surface area contributed by atoms with Crippen LogP contribution in [0.3, 0.4) is 0 Å². The molecule has 2 rings (SSSR count). The number of hydrogen-bond donors (Lipinski definition) is 0. The first-order valence-electron chi connectivity index (χ1n) is 6.80. The largest absolute Gasteiger partial charge is 0.468 e. The van der Waals surface area contributed by atoms with Crippen molar-refractivity contribution in [1.82, 2.24) is 5.16 Å². The lowest BCUT2D eigenvalue weighted by Crippen LogP contribution is -2.52. The van der Waals surface area contributed by atoms with Gasteiger partial charge in [0, 0.05) is 12.0 Å². The van der Waals surface area contributed by atoms with E-state index in [1.54, 1.807) is 20.8 Å². The molecule has 0 saturated heterocycles. The molecule has 1 saturated carbocycles. The smallest absolute Gasteiger partial charge is 0.316 e. The molecule has 1 aliphatic rings. The Labute approximate surface area is 127 Å². The van der Waals surface area contributed by atoms with E-state index in [9.17, 15) is 19.2 Å². The first-order chi connectivity index (χ1) is 10.2. The van der Waals surface area contributed by atoms with E-state index in [0.717, 1.165) is 0 Å². The first-order valence-corrected chi connectivity index (χ1v) is 6.80. The van der Waals surface area contributed by atoms with Gasteiger partial charge in [-0.25, -0.2) is 0 Å². The summed E-state index contributed by atoms with van der Waals surface area (Å²) in [6, 6.07) is 0. The number of ketones is 3. The SMILES string of the molecule is COC(=O)C1C(=O)C(C(=O)c2oncc2C)C(=O)CC1(C)C. The molecule has 22 heavy (non-hydrogen) atoms. The minimum absolute atomic E-state index is 0.0674. The molecule has 1 aliphatic carbocycles. The van der Waals surface area contributed by atoms with Crippen molar-refractivity contribution in [3.05, 3.63) is 17.5 Å². The van der Waals surface area contributed by atoms with Gasteiger partial charge in [-0.05, 0) is 12.3 Å². The summed E-state index contributed by atoms with van der Waals surface area (Å²) in [5.41, 5.74) is -0.459. The summed E-state index contributed by atoms with van der Waals surface area (Å²) in [4.78, 5) is 49.2. The summed E-state index contributed by atoms with van der Waals surface area (Å²) in [5.74, 6) is -5.58. The van der Waals surface area contributed by atoms with Crippen LogP contribution in [-0.2, 0) is 19.1 Å². The summed E-state index contributed by atoms with van der Waals surface area (Å²) in [5, 5.41) is 3.48. The highest BCUT2D eigenvalue weighted by Crippen LogP contribution is 2.40. The van der Waals surface area contributed by atoms with Gasteiger partial charge in [0.25, 0.3) is 0 Å². The quantitative estimate of drug-likeness (QED) is 0.468. The van der Waals surface area contributed by atoms with Crippen LogP contribution in [0.25, 0.3) is 0 Å². The van der Waals surface area contributed by atoms with E-state index < -0.39 is 40.6 Å². The van der Waals surface area contributed by atoms with Crippen molar-refractivity contribution in [2.45, 2.75) is 27.2 Å². The number of aromatic nitrogens is 1. The van der Waals surface area contributed by atoms with Gasteiger partial charge in [0.15, 0.2) is 11.6 Å². The lowest BCUT2D eigenvalue weighted by molar-refractivity contribution is -0.159. The molecule has 1 aromatic heterocycles. The first kappa shape index (κ1) is 16.1. The fourth-order valence-electron chi connectivity index (χ4n) is 2.85. The van der Waals surface area contributed by atoms with Crippen LogP contribution in [0, 0.1) is 24.2 Å². The number of nitrogens with zero attached hydrogens (tertiary/aromatic N) is 1. The fourth-order valence-corrected chi connectivity index (χ4v) is 2.85. The van der Waals surface area contributed by atoms with Crippen LogP contribution in [0.15, 0.2) is 10.7 Å². The molecule has 0 bridgehead atoms. The van der Waals surface area contributed by atoms with Crippen molar-refractivity contribution in [2.75, 3.05) is 7.11 Å². The Morgan fingerprint density at radius 2 is 2.00 bits per heavy atom. The van der Waals surface area contributed by atoms with E-state index in [4.69, 9.17) is 4.52 Å². The number of esters is 1. The van der Waals surface area contributed by atoms with E-state index in [2.05, 4.69) is 9.89 Å². The number of aryl methyl sites for hydroxylation is 1. The van der Waals surface area contributed by atoms with Crippen molar-refractivity contribution in [3.8, 4) is 0 Å². The second kappa shape index (κ2) is 5.47. The number of carbonyl (C=O) groups excluding carboxylic acids is 4. The van der Waals surface area contributed by atoms with Gasteiger partial charge in [0.2, 0.25) is 11.5 Å². The molecule has 7 nitrogen and oxygen atoms in total. The predicted octanol–water partition coefficient (Wildman–Crippen LogP) is 1.14. The predicted molar refractivity (Wildman–Crippen MR) is 73.0 cm³/mol. The molecule has 0 radical (unpaired) electrons. The van der Waals surface area contributed by atoms with Crippen LogP contribution in [0.4, 0.5) is 0 Å². The summed E-state index contributed by atoms with van der Waals surface area (Å²) in [6.45, 7) is 4.85. The number of carbonyl (C=O) groups is 4. The number of ether oxygens (including phenoxy) is 1. The van der Waals surface area contributed by atoms with Crippen LogP contribution < -0.4 is 0 Å². The molecule has 0 aromatic carbocycles. The normalized spacial score (nSPS) is 24.2. The molecular formula is C15H17NO6. The molecule has 0 N–H and O–H groups in total. The Morgan fingerprint density at radius 3 is 2.50 bits per heavy atom. The maximum Gasteiger partial charge on any atom is 0.316 e. The monoisotopic (exact) mass is 307 g/mol. The van der Waals surface area contributed by atoms with Gasteiger partial charge in [0.1, 0.15) is 11.8 Å². The maximum atomic E-state index is 12.6. The van der Waals surface area contributed by atoms with Gasteiger partial charge in [-0.1, -0.05) is 19.0 Å². The van der Waals surface area contributed by atoms with Gasteiger partial charge in [-0.15, -0.1) is 0 Å². The Kier molecular flexibility index (Phi) is 4.00. The molecule has 1 aromatic rings. The molecular weight excluding hydrogens is 290 g/mol. The zero-order valence-corrected chi connectivity index (χ0v) is 12.8. The highest BCUT2D eigenvalue weighted by Gasteiger charge is 2.54. The highest BCUT2D eigenvalue weighted by molar-refractivity contribution is 6.28. The van der Waals surface area contributed by atoms with Gasteiger partial charge in [-0.3, -0.25) is 19.2 Å². The van der Waals surface area contributed by atoms with Crippen molar-refractivity contribution in [2.24, 2.45) is 17.3 Å². The molecule has 0 amide bonds. The van der Waals surface area contributed by atoms with Crippen LogP contribution in [-0.4, -0.2) is 35.6 Å². The Hall–Kier alpha value is -2.31. The summed E-state index contributed by atoms with van der Waals surface area (Å²) < 4.78 is 9.49. The standard InChI is InChI=1S/C15H17NO6/c1-7-6-16-22-13(7)12(19)9-8(17)5-15(2,3)10(11(9)18)14(20)21-4/h6,9-10H,5H2,1-4H3. The molecule has 0 spiro atoms. The second-order valence-corrected chi connectivity index (χ2v) is 6.13. The van der Waals surface area contributed by atoms with E-state index in [1.807, 2.05) is 0 Å². The Bertz CT molecular complexity index is 657. The Balaban J connectivity index is 2.42. The molecule has 7 heteroatoms. The topological polar surface area (TPSA) is 104 Å². The number of hydrogen-bond acceptors (Lipinski definition) is 7. The minimum atomic E-state index is -1.54. The van der Waals surface area contributed by atoms with Crippen molar-refractivity contribution >= 4 is 23.3 Å². The number of Topliss-reactive ketones (excluding diaryl/α,β-unsaturated/α-hetero) is 3. The van der Waals surface area contributed by atoms with Gasteiger partial charge in [-0.2, -0.15) is 0 Å². The average Bonchev–Trinajstić information content (AvgIpc) is 2.82. The Morgan fingerprint density at radius 1 is 1.36 bits per heavy atom. The van der Waals surface area contributed by atoms with E-state index >= 15 is 0 Å². The van der Waals surface area contributed by atoms with Crippen LogP contribution in [0.1, 0.15) is 36.4 Å². The summed E-state index contributed by atoms with van der Waals surface area (Å²) in [6.07, 6.45) is 1.26. The van der Waals surface area contributed by atoms with Crippen LogP contribution in [0.5, 0.6) is 0 Å². The highest BCUT2D eigenvalue weighted by atomic mass is 16.5.